The molecule has 4 rings (SSSR count). The van der Waals surface area contributed by atoms with Crippen molar-refractivity contribution in [2.75, 3.05) is 5.32 Å². The van der Waals surface area contributed by atoms with Gasteiger partial charge in [0.2, 0.25) is 5.13 Å². The molecule has 0 saturated heterocycles. The Kier molecular flexibility index (Phi) is 5.19. The van der Waals surface area contributed by atoms with Crippen LogP contribution in [0.2, 0.25) is 0 Å². The van der Waals surface area contributed by atoms with Crippen molar-refractivity contribution >= 4 is 44.9 Å². The second kappa shape index (κ2) is 7.77. The lowest BCUT2D eigenvalue weighted by Gasteiger charge is -2.08. The van der Waals surface area contributed by atoms with Gasteiger partial charge in [0.1, 0.15) is 5.58 Å². The molecule has 7 heteroatoms. The maximum Gasteiger partial charge on any atom is 0.336 e. The van der Waals surface area contributed by atoms with Crippen LogP contribution in [0, 0.1) is 20.8 Å². The van der Waals surface area contributed by atoms with E-state index in [1.54, 1.807) is 17.8 Å². The fraction of sp³-hybridized carbons (Fsp3) is 0.190. The van der Waals surface area contributed by atoms with Crippen LogP contribution in [-0.2, 0) is 5.75 Å². The van der Waals surface area contributed by atoms with Gasteiger partial charge in [-0.25, -0.2) is 4.79 Å². The molecule has 2 aromatic heterocycles. The number of thioether (sulfide) groups is 1. The summed E-state index contributed by atoms with van der Waals surface area (Å²) in [6, 6.07) is 13.8. The summed E-state index contributed by atoms with van der Waals surface area (Å²) >= 11 is 3.06. The summed E-state index contributed by atoms with van der Waals surface area (Å²) in [4.78, 5) is 12.0. The third-order valence-corrected chi connectivity index (χ3v) is 6.60. The van der Waals surface area contributed by atoms with Crippen LogP contribution in [0.3, 0.4) is 0 Å². The summed E-state index contributed by atoms with van der Waals surface area (Å²) in [5.74, 6) is 0.629. The van der Waals surface area contributed by atoms with Gasteiger partial charge in [-0.2, -0.15) is 0 Å². The number of rotatable bonds is 5. The summed E-state index contributed by atoms with van der Waals surface area (Å²) in [6.07, 6.45) is 0. The molecule has 0 unspecified atom stereocenters. The molecule has 1 N–H and O–H groups in total. The summed E-state index contributed by atoms with van der Waals surface area (Å²) < 4.78 is 6.29. The molecular weight excluding hydrogens is 390 g/mol. The summed E-state index contributed by atoms with van der Waals surface area (Å²) in [5, 5.41) is 13.4. The zero-order chi connectivity index (χ0) is 19.7. The van der Waals surface area contributed by atoms with Crippen LogP contribution in [0.5, 0.6) is 0 Å². The van der Waals surface area contributed by atoms with Crippen LogP contribution in [-0.4, -0.2) is 10.2 Å². The van der Waals surface area contributed by atoms with Gasteiger partial charge in [0, 0.05) is 22.9 Å². The van der Waals surface area contributed by atoms with E-state index < -0.39 is 0 Å². The number of benzene rings is 2. The number of nitrogens with one attached hydrogen (secondary N) is 1. The quantitative estimate of drug-likeness (QED) is 0.341. The molecule has 142 valence electrons. The van der Waals surface area contributed by atoms with Crippen LogP contribution in [0.1, 0.15) is 22.3 Å². The Labute approximate surface area is 170 Å². The molecule has 0 aliphatic rings. The first kappa shape index (κ1) is 18.7. The molecule has 2 heterocycles. The molecule has 0 radical (unpaired) electrons. The lowest BCUT2D eigenvalue weighted by molar-refractivity contribution is 0.557. The molecule has 0 fully saturated rings. The van der Waals surface area contributed by atoms with E-state index in [4.69, 9.17) is 4.42 Å². The molecule has 0 aliphatic heterocycles. The maximum atomic E-state index is 12.0. The molecule has 0 amide bonds. The normalized spacial score (nSPS) is 11.1. The number of aromatic nitrogens is 2. The number of hydrogen-bond donors (Lipinski definition) is 1. The second-order valence-corrected chi connectivity index (χ2v) is 8.83. The van der Waals surface area contributed by atoms with Crippen LogP contribution < -0.4 is 10.9 Å². The van der Waals surface area contributed by atoms with Gasteiger partial charge in [-0.05, 0) is 49.6 Å². The molecule has 0 bridgehead atoms. The minimum absolute atomic E-state index is 0.323. The number of nitrogens with zero attached hydrogens (tertiary/aromatic N) is 2. The lowest BCUT2D eigenvalue weighted by atomic mass is 10.0. The van der Waals surface area contributed by atoms with E-state index in [2.05, 4.69) is 40.6 Å². The van der Waals surface area contributed by atoms with Crippen molar-refractivity contribution in [3.8, 4) is 0 Å². The molecule has 4 aromatic rings. The van der Waals surface area contributed by atoms with E-state index in [0.717, 1.165) is 37.2 Å². The number of aryl methyl sites for hydroxylation is 3. The zero-order valence-electron chi connectivity index (χ0n) is 15.8. The first-order valence-electron chi connectivity index (χ1n) is 8.82. The summed E-state index contributed by atoms with van der Waals surface area (Å²) in [6.45, 7) is 6.05. The lowest BCUT2D eigenvalue weighted by Crippen LogP contribution is -2.01. The molecule has 0 aliphatic carbocycles. The second-order valence-electron chi connectivity index (χ2n) is 6.63. The fourth-order valence-electron chi connectivity index (χ4n) is 2.86. The molecule has 0 atom stereocenters. The van der Waals surface area contributed by atoms with E-state index in [1.807, 2.05) is 32.0 Å². The van der Waals surface area contributed by atoms with Crippen molar-refractivity contribution in [2.45, 2.75) is 30.9 Å². The van der Waals surface area contributed by atoms with Crippen LogP contribution in [0.25, 0.3) is 11.0 Å². The third kappa shape index (κ3) is 3.95. The Bertz CT molecular complexity index is 1200. The highest BCUT2D eigenvalue weighted by molar-refractivity contribution is 8.00. The topological polar surface area (TPSA) is 68.0 Å². The molecule has 2 aromatic carbocycles. The van der Waals surface area contributed by atoms with Gasteiger partial charge in [-0.3, -0.25) is 0 Å². The molecule has 0 spiro atoms. The third-order valence-electron chi connectivity index (χ3n) is 4.58. The van der Waals surface area contributed by atoms with Gasteiger partial charge in [-0.1, -0.05) is 52.9 Å². The minimum atomic E-state index is -0.323. The van der Waals surface area contributed by atoms with Gasteiger partial charge < -0.3 is 9.73 Å². The highest BCUT2D eigenvalue weighted by Gasteiger charge is 2.12. The van der Waals surface area contributed by atoms with Crippen LogP contribution >= 0.6 is 23.1 Å². The molecular formula is C21H19N3O2S2. The van der Waals surface area contributed by atoms with Gasteiger partial charge in [0.25, 0.3) is 0 Å². The van der Waals surface area contributed by atoms with E-state index in [-0.39, 0.29) is 5.63 Å². The van der Waals surface area contributed by atoms with Crippen molar-refractivity contribution in [2.24, 2.45) is 0 Å². The predicted octanol–water partition coefficient (Wildman–Crippen LogP) is 5.61. The summed E-state index contributed by atoms with van der Waals surface area (Å²) in [5.41, 5.74) is 5.60. The predicted molar refractivity (Wildman–Crippen MR) is 116 cm³/mol. The Hall–Kier alpha value is -2.64. The van der Waals surface area contributed by atoms with Crippen molar-refractivity contribution in [1.29, 1.82) is 0 Å². The molecule has 5 nitrogen and oxygen atoms in total. The van der Waals surface area contributed by atoms with Gasteiger partial charge in [0.05, 0.1) is 0 Å². The monoisotopic (exact) mass is 409 g/mol. The SMILES string of the molecule is Cc1ccc(Nc2nnc(SCc3cc(=O)oc4c(C)c(C)ccc34)s2)cc1. The molecule has 28 heavy (non-hydrogen) atoms. The summed E-state index contributed by atoms with van der Waals surface area (Å²) in [7, 11) is 0. The van der Waals surface area contributed by atoms with Gasteiger partial charge in [0.15, 0.2) is 4.34 Å². The Balaban J connectivity index is 1.52. The standard InChI is InChI=1S/C21H19N3O2S2/c1-12-4-7-16(8-5-12)22-20-23-24-21(28-20)27-11-15-10-18(25)26-19-14(3)13(2)6-9-17(15)19/h4-10H,11H2,1-3H3,(H,22,23). The smallest absolute Gasteiger partial charge is 0.336 e. The van der Waals surface area contributed by atoms with Crippen LogP contribution in [0.15, 0.2) is 56.0 Å². The average molecular weight is 410 g/mol. The number of hydrogen-bond acceptors (Lipinski definition) is 7. The average Bonchev–Trinajstić information content (AvgIpc) is 3.12. The number of anilines is 2. The zero-order valence-corrected chi connectivity index (χ0v) is 17.4. The van der Waals surface area contributed by atoms with Gasteiger partial charge in [-0.15, -0.1) is 10.2 Å². The fourth-order valence-corrected chi connectivity index (χ4v) is 4.63. The first-order valence-corrected chi connectivity index (χ1v) is 10.6. The van der Waals surface area contributed by atoms with Crippen molar-refractivity contribution in [3.05, 3.63) is 75.1 Å². The van der Waals surface area contributed by atoms with E-state index >= 15 is 0 Å². The van der Waals surface area contributed by atoms with Crippen molar-refractivity contribution < 1.29 is 4.42 Å². The largest absolute Gasteiger partial charge is 0.422 e. The Morgan fingerprint density at radius 3 is 2.64 bits per heavy atom. The van der Waals surface area contributed by atoms with E-state index in [0.29, 0.717) is 11.3 Å². The Morgan fingerprint density at radius 1 is 1.07 bits per heavy atom. The first-order chi connectivity index (χ1) is 13.5. The van der Waals surface area contributed by atoms with Crippen molar-refractivity contribution in [3.63, 3.8) is 0 Å². The number of fused-ring (bicyclic) bond motifs is 1. The van der Waals surface area contributed by atoms with Crippen molar-refractivity contribution in [1.82, 2.24) is 10.2 Å². The minimum Gasteiger partial charge on any atom is -0.422 e. The maximum absolute atomic E-state index is 12.0. The van der Waals surface area contributed by atoms with E-state index in [9.17, 15) is 4.79 Å². The Morgan fingerprint density at radius 2 is 1.86 bits per heavy atom. The highest BCUT2D eigenvalue weighted by Crippen LogP contribution is 2.32. The molecule has 0 saturated carbocycles. The highest BCUT2D eigenvalue weighted by atomic mass is 32.2. The van der Waals surface area contributed by atoms with Crippen LogP contribution in [0.4, 0.5) is 10.8 Å². The van der Waals surface area contributed by atoms with E-state index in [1.165, 1.54) is 16.9 Å². The van der Waals surface area contributed by atoms with Gasteiger partial charge >= 0.3 is 5.63 Å².